The third kappa shape index (κ3) is 1.70. The van der Waals surface area contributed by atoms with Crippen molar-refractivity contribution in [2.24, 2.45) is 26.8 Å². The third-order valence-electron chi connectivity index (χ3n) is 2.38. The summed E-state index contributed by atoms with van der Waals surface area (Å²) in [5.41, 5.74) is 16.3. The Hall–Kier alpha value is -2.42. The van der Waals surface area contributed by atoms with Crippen molar-refractivity contribution in [2.45, 2.75) is 0 Å². The average molecular weight is 262 g/mol. The molecule has 18 heavy (non-hydrogen) atoms. The van der Waals surface area contributed by atoms with Crippen LogP contribution in [0.2, 0.25) is 0 Å². The number of nitrogens with two attached hydrogens (primary N) is 2. The molecule has 0 aliphatic carbocycles. The molecular weight excluding hydrogens is 252 g/mol. The van der Waals surface area contributed by atoms with Crippen molar-refractivity contribution in [3.05, 3.63) is 35.9 Å². The summed E-state index contributed by atoms with van der Waals surface area (Å²) in [5.74, 6) is 0.411. The molecule has 0 fully saturated rings. The highest BCUT2D eigenvalue weighted by Gasteiger charge is 2.21. The number of hydrogen-bond donors (Lipinski definition) is 4. The van der Waals surface area contributed by atoms with E-state index in [1.165, 1.54) is 12.1 Å². The molecule has 0 aromatic carbocycles. The molecule has 6 N–H and O–H groups in total. The molecule has 3 rings (SSSR count). The van der Waals surface area contributed by atoms with E-state index < -0.39 is 0 Å². The lowest BCUT2D eigenvalue weighted by atomic mass is 10.2. The first-order chi connectivity index (χ1) is 8.75. The molecule has 8 nitrogen and oxygen atoms in total. The van der Waals surface area contributed by atoms with Gasteiger partial charge in [-0.3, -0.25) is 9.73 Å². The normalized spacial score (nSPS) is 20.7. The number of amidine groups is 2. The summed E-state index contributed by atoms with van der Waals surface area (Å²) in [6, 6.07) is 0. The molecule has 0 amide bonds. The minimum atomic E-state index is 0.205. The zero-order chi connectivity index (χ0) is 12.5. The number of hydrogen-bond acceptors (Lipinski definition) is 9. The van der Waals surface area contributed by atoms with Crippen LogP contribution in [0.3, 0.4) is 0 Å². The van der Waals surface area contributed by atoms with Gasteiger partial charge in [0.1, 0.15) is 0 Å². The average Bonchev–Trinajstić information content (AvgIpc) is 2.95. The van der Waals surface area contributed by atoms with E-state index in [0.717, 1.165) is 11.4 Å². The Kier molecular flexibility index (Phi) is 2.45. The molecule has 3 heterocycles. The lowest BCUT2D eigenvalue weighted by Crippen LogP contribution is -2.34. The maximum absolute atomic E-state index is 5.60. The van der Waals surface area contributed by atoms with Crippen LogP contribution in [0.15, 0.2) is 51.3 Å². The van der Waals surface area contributed by atoms with Gasteiger partial charge in [-0.25, -0.2) is 0 Å². The van der Waals surface area contributed by atoms with Crippen molar-refractivity contribution in [3.63, 3.8) is 0 Å². The molecule has 0 atom stereocenters. The zero-order valence-corrected chi connectivity index (χ0v) is 9.98. The monoisotopic (exact) mass is 262 g/mol. The molecule has 92 valence electrons. The van der Waals surface area contributed by atoms with Gasteiger partial charge in [-0.05, 0) is 12.2 Å². The van der Waals surface area contributed by atoms with Crippen LogP contribution in [0.25, 0.3) is 0 Å². The maximum atomic E-state index is 5.60. The van der Waals surface area contributed by atoms with Crippen LogP contribution in [0.1, 0.15) is 0 Å². The van der Waals surface area contributed by atoms with Crippen LogP contribution in [-0.2, 0) is 0 Å². The second-order valence-electron chi connectivity index (χ2n) is 3.53. The zero-order valence-electron chi connectivity index (χ0n) is 9.16. The predicted octanol–water partition coefficient (Wildman–Crippen LogP) is -0.704. The topological polar surface area (TPSA) is 116 Å². The quantitative estimate of drug-likeness (QED) is 0.386. The highest BCUT2D eigenvalue weighted by molar-refractivity contribution is 7.95. The number of hydrazone groups is 1. The first-order valence-corrected chi connectivity index (χ1v) is 5.85. The van der Waals surface area contributed by atoms with Gasteiger partial charge in [-0.1, -0.05) is 0 Å². The van der Waals surface area contributed by atoms with Crippen molar-refractivity contribution in [3.8, 4) is 0 Å². The summed E-state index contributed by atoms with van der Waals surface area (Å²) in [4.78, 5) is 0. The summed E-state index contributed by atoms with van der Waals surface area (Å²) in [5, 5.41) is 11.4. The minimum Gasteiger partial charge on any atom is -0.380 e. The number of nitrogens with one attached hydrogen (secondary N) is 2. The van der Waals surface area contributed by atoms with E-state index >= 15 is 0 Å². The number of rotatable bonds is 2. The highest BCUT2D eigenvalue weighted by Crippen LogP contribution is 2.28. The van der Waals surface area contributed by atoms with Crippen LogP contribution < -0.4 is 21.6 Å². The summed E-state index contributed by atoms with van der Waals surface area (Å²) in [6.45, 7) is 0. The highest BCUT2D eigenvalue weighted by atomic mass is 32.2. The second-order valence-corrected chi connectivity index (χ2v) is 4.34. The van der Waals surface area contributed by atoms with Gasteiger partial charge in [-0.15, -0.1) is 10.2 Å². The van der Waals surface area contributed by atoms with Crippen LogP contribution in [0.4, 0.5) is 0 Å². The molecule has 0 spiro atoms. The predicted molar refractivity (Wildman–Crippen MR) is 71.7 cm³/mol. The Labute approximate surface area is 107 Å². The lowest BCUT2D eigenvalue weighted by molar-refractivity contribution is 0.736. The van der Waals surface area contributed by atoms with Gasteiger partial charge in [-0.2, -0.15) is 5.10 Å². The lowest BCUT2D eigenvalue weighted by Gasteiger charge is -2.19. The molecule has 0 saturated heterocycles. The molecule has 0 saturated carbocycles. The van der Waals surface area contributed by atoms with E-state index in [4.69, 9.17) is 11.5 Å². The fourth-order valence-electron chi connectivity index (χ4n) is 1.52. The van der Waals surface area contributed by atoms with Crippen molar-refractivity contribution in [1.82, 2.24) is 14.5 Å². The smallest absolute Gasteiger partial charge is 0.177 e. The molecule has 0 bridgehead atoms. The molecule has 0 aromatic rings. The minimum absolute atomic E-state index is 0.205. The SMILES string of the molecule is NC1=NN=C(N)C1=NNC1=CC=CN2SNC=C12. The summed E-state index contributed by atoms with van der Waals surface area (Å²) >= 11 is 1.47. The van der Waals surface area contributed by atoms with Crippen LogP contribution >= 0.6 is 12.1 Å². The van der Waals surface area contributed by atoms with Crippen molar-refractivity contribution >= 4 is 29.5 Å². The third-order valence-corrected chi connectivity index (χ3v) is 3.12. The Morgan fingerprint density at radius 3 is 2.89 bits per heavy atom. The fraction of sp³-hybridized carbons (Fsp3) is 0. The molecule has 0 aromatic heterocycles. The van der Waals surface area contributed by atoms with E-state index in [0.29, 0.717) is 5.71 Å². The van der Waals surface area contributed by atoms with E-state index in [1.54, 1.807) is 0 Å². The summed E-state index contributed by atoms with van der Waals surface area (Å²) < 4.78 is 5.01. The summed E-state index contributed by atoms with van der Waals surface area (Å²) in [7, 11) is 0. The molecule has 0 unspecified atom stereocenters. The number of nitrogens with zero attached hydrogens (tertiary/aromatic N) is 4. The van der Waals surface area contributed by atoms with Gasteiger partial charge < -0.3 is 16.2 Å². The summed E-state index contributed by atoms with van der Waals surface area (Å²) in [6.07, 6.45) is 7.62. The molecule has 3 aliphatic heterocycles. The Bertz CT molecular complexity index is 547. The Balaban J connectivity index is 1.80. The first kappa shape index (κ1) is 10.7. The molecule has 3 aliphatic rings. The van der Waals surface area contributed by atoms with E-state index in [1.807, 2.05) is 28.9 Å². The fourth-order valence-corrected chi connectivity index (χ4v) is 2.18. The van der Waals surface area contributed by atoms with Gasteiger partial charge in [0.2, 0.25) is 0 Å². The number of allylic oxidation sites excluding steroid dienone is 2. The standard InChI is InChI=1S/C9H10N8S/c10-8-7(9(11)16-15-8)14-13-5-2-1-3-17-6(5)4-12-18-17/h1-4,12-13H,(H4,10,11,14,15,16). The Morgan fingerprint density at radius 1 is 1.33 bits per heavy atom. The van der Waals surface area contributed by atoms with Crippen LogP contribution in [0, 0.1) is 0 Å². The van der Waals surface area contributed by atoms with Gasteiger partial charge in [0.05, 0.1) is 23.5 Å². The van der Waals surface area contributed by atoms with Crippen molar-refractivity contribution < 1.29 is 0 Å². The first-order valence-electron chi connectivity index (χ1n) is 5.07. The Morgan fingerprint density at radius 2 is 2.11 bits per heavy atom. The number of fused-ring (bicyclic) bond motifs is 1. The maximum Gasteiger partial charge on any atom is 0.177 e. The van der Waals surface area contributed by atoms with E-state index in [9.17, 15) is 0 Å². The van der Waals surface area contributed by atoms with E-state index in [2.05, 4.69) is 25.5 Å². The van der Waals surface area contributed by atoms with Crippen molar-refractivity contribution in [2.75, 3.05) is 0 Å². The molecular formula is C9H10N8S. The van der Waals surface area contributed by atoms with Gasteiger partial charge in [0.25, 0.3) is 0 Å². The largest absolute Gasteiger partial charge is 0.380 e. The van der Waals surface area contributed by atoms with Gasteiger partial charge in [0.15, 0.2) is 17.4 Å². The van der Waals surface area contributed by atoms with E-state index in [-0.39, 0.29) is 11.7 Å². The van der Waals surface area contributed by atoms with Gasteiger partial charge in [0, 0.05) is 12.4 Å². The molecule has 0 radical (unpaired) electrons. The van der Waals surface area contributed by atoms with Crippen molar-refractivity contribution in [1.29, 1.82) is 0 Å². The molecule has 9 heteroatoms. The second kappa shape index (κ2) is 4.11. The van der Waals surface area contributed by atoms with Crippen LogP contribution in [-0.4, -0.2) is 21.7 Å². The van der Waals surface area contributed by atoms with Gasteiger partial charge >= 0.3 is 0 Å². The van der Waals surface area contributed by atoms with Crippen LogP contribution in [0.5, 0.6) is 0 Å².